The van der Waals surface area contributed by atoms with Crippen LogP contribution in [0.15, 0.2) is 24.3 Å². The van der Waals surface area contributed by atoms with Crippen LogP contribution in [0.5, 0.6) is 0 Å². The molecule has 20 heavy (non-hydrogen) atoms. The van der Waals surface area contributed by atoms with Gasteiger partial charge in [-0.25, -0.2) is 4.39 Å². The summed E-state index contributed by atoms with van der Waals surface area (Å²) in [6.07, 6.45) is 4.16. The van der Waals surface area contributed by atoms with E-state index >= 15 is 0 Å². The fraction of sp³-hybridized carbons (Fsp3) is 0.647. The topological polar surface area (TPSA) is 15.3 Å². The summed E-state index contributed by atoms with van der Waals surface area (Å²) in [5.74, 6) is 1.24. The number of rotatable bonds is 5. The van der Waals surface area contributed by atoms with Crippen molar-refractivity contribution in [2.24, 2.45) is 11.8 Å². The van der Waals surface area contributed by atoms with E-state index in [0.717, 1.165) is 24.1 Å². The fourth-order valence-electron chi connectivity index (χ4n) is 4.20. The highest BCUT2D eigenvalue weighted by Crippen LogP contribution is 2.38. The first-order chi connectivity index (χ1) is 9.69. The van der Waals surface area contributed by atoms with E-state index in [0.29, 0.717) is 5.92 Å². The van der Waals surface area contributed by atoms with Crippen molar-refractivity contribution in [3.63, 3.8) is 0 Å². The molecule has 4 unspecified atom stereocenters. The van der Waals surface area contributed by atoms with E-state index in [-0.39, 0.29) is 11.9 Å². The van der Waals surface area contributed by atoms with Gasteiger partial charge in [0.15, 0.2) is 0 Å². The van der Waals surface area contributed by atoms with E-state index in [2.05, 4.69) is 17.1 Å². The molecule has 3 heteroatoms. The van der Waals surface area contributed by atoms with Crippen LogP contribution >= 0.6 is 0 Å². The molecule has 1 aliphatic heterocycles. The summed E-state index contributed by atoms with van der Waals surface area (Å²) >= 11 is 0. The standard InChI is InChI=1S/C17H25FN2/c1-12(10-20-11-13-7-8-14(20)9-13)17(19-2)15-5-3-4-6-16(15)18/h3-6,12-14,17,19H,7-11H2,1-2H3. The number of benzene rings is 1. The van der Waals surface area contributed by atoms with Crippen molar-refractivity contribution in [2.45, 2.75) is 38.3 Å². The zero-order valence-electron chi connectivity index (χ0n) is 12.5. The molecule has 2 aliphatic rings. The van der Waals surface area contributed by atoms with Crippen molar-refractivity contribution in [3.05, 3.63) is 35.6 Å². The van der Waals surface area contributed by atoms with Crippen molar-refractivity contribution in [3.8, 4) is 0 Å². The summed E-state index contributed by atoms with van der Waals surface area (Å²) in [5.41, 5.74) is 0.798. The molecule has 3 rings (SSSR count). The van der Waals surface area contributed by atoms with Gasteiger partial charge in [0.05, 0.1) is 0 Å². The minimum Gasteiger partial charge on any atom is -0.313 e. The summed E-state index contributed by atoms with van der Waals surface area (Å²) < 4.78 is 14.0. The number of hydrogen-bond donors (Lipinski definition) is 1. The first-order valence-corrected chi connectivity index (χ1v) is 7.84. The minimum atomic E-state index is -0.0957. The summed E-state index contributed by atoms with van der Waals surface area (Å²) in [6, 6.07) is 8.03. The van der Waals surface area contributed by atoms with Crippen LogP contribution in [0, 0.1) is 17.7 Å². The van der Waals surface area contributed by atoms with Gasteiger partial charge in [0.1, 0.15) is 5.82 Å². The van der Waals surface area contributed by atoms with Crippen LogP contribution in [0.1, 0.15) is 37.8 Å². The van der Waals surface area contributed by atoms with E-state index in [9.17, 15) is 4.39 Å². The maximum absolute atomic E-state index is 14.0. The number of fused-ring (bicyclic) bond motifs is 2. The number of nitrogens with zero attached hydrogens (tertiary/aromatic N) is 1. The first-order valence-electron chi connectivity index (χ1n) is 7.84. The Morgan fingerprint density at radius 1 is 1.35 bits per heavy atom. The Kier molecular flexibility index (Phi) is 4.08. The second kappa shape index (κ2) is 5.82. The lowest BCUT2D eigenvalue weighted by Crippen LogP contribution is -2.39. The summed E-state index contributed by atoms with van der Waals surface area (Å²) in [6.45, 7) is 4.56. The zero-order chi connectivity index (χ0) is 14.1. The van der Waals surface area contributed by atoms with E-state index in [4.69, 9.17) is 0 Å². The Labute approximate surface area is 121 Å². The fourth-order valence-corrected chi connectivity index (χ4v) is 4.20. The SMILES string of the molecule is CNC(c1ccccc1F)C(C)CN1CC2CCC1C2. The average Bonchev–Trinajstić information content (AvgIpc) is 3.04. The van der Waals surface area contributed by atoms with E-state index < -0.39 is 0 Å². The summed E-state index contributed by atoms with van der Waals surface area (Å²) in [4.78, 5) is 2.63. The van der Waals surface area contributed by atoms with Gasteiger partial charge in [-0.15, -0.1) is 0 Å². The molecule has 4 atom stereocenters. The van der Waals surface area contributed by atoms with E-state index in [1.165, 1.54) is 25.8 Å². The molecule has 2 bridgehead atoms. The minimum absolute atomic E-state index is 0.0929. The second-order valence-electron chi connectivity index (χ2n) is 6.55. The van der Waals surface area contributed by atoms with Crippen LogP contribution in [0.3, 0.4) is 0 Å². The molecule has 1 heterocycles. The molecule has 0 amide bonds. The lowest BCUT2D eigenvalue weighted by molar-refractivity contribution is 0.170. The highest BCUT2D eigenvalue weighted by Gasteiger charge is 2.38. The van der Waals surface area contributed by atoms with Crippen molar-refractivity contribution in [1.82, 2.24) is 10.2 Å². The molecular weight excluding hydrogens is 251 g/mol. The van der Waals surface area contributed by atoms with Gasteiger partial charge in [-0.1, -0.05) is 25.1 Å². The Morgan fingerprint density at radius 3 is 2.75 bits per heavy atom. The van der Waals surface area contributed by atoms with Gasteiger partial charge in [0.25, 0.3) is 0 Å². The van der Waals surface area contributed by atoms with Gasteiger partial charge >= 0.3 is 0 Å². The molecule has 110 valence electrons. The van der Waals surface area contributed by atoms with Crippen molar-refractivity contribution >= 4 is 0 Å². The first kappa shape index (κ1) is 14.0. The third-order valence-electron chi connectivity index (χ3n) is 5.17. The maximum atomic E-state index is 14.0. The van der Waals surface area contributed by atoms with Crippen LogP contribution in [0.4, 0.5) is 4.39 Å². The number of hydrogen-bond acceptors (Lipinski definition) is 2. The highest BCUT2D eigenvalue weighted by molar-refractivity contribution is 5.22. The quantitative estimate of drug-likeness (QED) is 0.888. The molecule has 2 fully saturated rings. The predicted octanol–water partition coefficient (Wildman–Crippen LogP) is 3.21. The molecule has 0 aromatic heterocycles. The van der Waals surface area contributed by atoms with Gasteiger partial charge in [0.2, 0.25) is 0 Å². The molecule has 1 saturated heterocycles. The Bertz CT molecular complexity index is 462. The zero-order valence-corrected chi connectivity index (χ0v) is 12.5. The third-order valence-corrected chi connectivity index (χ3v) is 5.17. The van der Waals surface area contributed by atoms with Crippen LogP contribution < -0.4 is 5.32 Å². The largest absolute Gasteiger partial charge is 0.313 e. The molecule has 1 aromatic carbocycles. The van der Waals surface area contributed by atoms with E-state index in [1.807, 2.05) is 19.2 Å². The van der Waals surface area contributed by atoms with Crippen molar-refractivity contribution in [1.29, 1.82) is 0 Å². The van der Waals surface area contributed by atoms with Crippen LogP contribution in [-0.4, -0.2) is 31.1 Å². The van der Waals surface area contributed by atoms with Gasteiger partial charge in [-0.3, -0.25) is 4.90 Å². The van der Waals surface area contributed by atoms with Crippen LogP contribution in [0.2, 0.25) is 0 Å². The second-order valence-corrected chi connectivity index (χ2v) is 6.55. The summed E-state index contributed by atoms with van der Waals surface area (Å²) in [5, 5.41) is 3.31. The van der Waals surface area contributed by atoms with Crippen molar-refractivity contribution < 1.29 is 4.39 Å². The van der Waals surface area contributed by atoms with Gasteiger partial charge in [-0.05, 0) is 44.2 Å². The number of likely N-dealkylation sites (tertiary alicyclic amines) is 1. The number of nitrogens with one attached hydrogen (secondary N) is 1. The lowest BCUT2D eigenvalue weighted by atomic mass is 9.93. The van der Waals surface area contributed by atoms with Crippen LogP contribution in [0.25, 0.3) is 0 Å². The smallest absolute Gasteiger partial charge is 0.127 e. The molecule has 0 spiro atoms. The normalized spacial score (nSPS) is 28.8. The third kappa shape index (κ3) is 2.61. The van der Waals surface area contributed by atoms with Crippen LogP contribution in [-0.2, 0) is 0 Å². The Hall–Kier alpha value is -0.930. The van der Waals surface area contributed by atoms with Gasteiger partial charge in [0, 0.05) is 30.7 Å². The lowest BCUT2D eigenvalue weighted by Gasteiger charge is -2.33. The summed E-state index contributed by atoms with van der Waals surface area (Å²) in [7, 11) is 1.93. The Balaban J connectivity index is 1.68. The molecule has 1 saturated carbocycles. The molecule has 1 N–H and O–H groups in total. The monoisotopic (exact) mass is 276 g/mol. The van der Waals surface area contributed by atoms with E-state index in [1.54, 1.807) is 12.1 Å². The van der Waals surface area contributed by atoms with Gasteiger partial charge in [-0.2, -0.15) is 0 Å². The molecule has 0 radical (unpaired) electrons. The number of halogens is 1. The number of piperidine rings is 1. The Morgan fingerprint density at radius 2 is 2.15 bits per heavy atom. The van der Waals surface area contributed by atoms with Crippen molar-refractivity contribution in [2.75, 3.05) is 20.1 Å². The molecule has 1 aromatic rings. The molecule has 1 aliphatic carbocycles. The predicted molar refractivity (Wildman–Crippen MR) is 80.1 cm³/mol. The average molecular weight is 276 g/mol. The molecule has 2 nitrogen and oxygen atoms in total. The molecular formula is C17H25FN2. The van der Waals surface area contributed by atoms with Gasteiger partial charge < -0.3 is 5.32 Å². The highest BCUT2D eigenvalue weighted by atomic mass is 19.1. The maximum Gasteiger partial charge on any atom is 0.127 e.